The molecule has 148 valence electrons. The third-order valence-electron chi connectivity index (χ3n) is 5.61. The van der Waals surface area contributed by atoms with E-state index in [-0.39, 0.29) is 18.4 Å². The largest absolute Gasteiger partial charge is 0.485 e. The predicted octanol–water partition coefficient (Wildman–Crippen LogP) is 3.01. The molecule has 2 aromatic carbocycles. The molecule has 29 heavy (non-hydrogen) atoms. The number of fused-ring (bicyclic) bond motifs is 1. The number of aromatic nitrogens is 2. The Bertz CT molecular complexity index is 1020. The van der Waals surface area contributed by atoms with E-state index in [0.29, 0.717) is 24.6 Å². The number of rotatable bonds is 4. The van der Waals surface area contributed by atoms with Crippen LogP contribution in [-0.2, 0) is 11.3 Å². The Labute approximate surface area is 169 Å². The summed E-state index contributed by atoms with van der Waals surface area (Å²) in [6.07, 6.45) is 1.33. The third kappa shape index (κ3) is 3.35. The van der Waals surface area contributed by atoms with Gasteiger partial charge in [0.15, 0.2) is 11.5 Å². The number of likely N-dealkylation sites (tertiary alicyclic amines) is 1. The molecule has 2 aliphatic rings. The summed E-state index contributed by atoms with van der Waals surface area (Å²) in [4.78, 5) is 19.3. The van der Waals surface area contributed by atoms with Gasteiger partial charge >= 0.3 is 0 Å². The van der Waals surface area contributed by atoms with E-state index in [4.69, 9.17) is 9.47 Å². The van der Waals surface area contributed by atoms with Crippen LogP contribution in [0.1, 0.15) is 23.0 Å². The average molecular weight is 389 g/mol. The first-order valence-electron chi connectivity index (χ1n) is 9.92. The van der Waals surface area contributed by atoms with Crippen LogP contribution in [-0.4, -0.2) is 46.2 Å². The standard InChI is InChI=1S/C23H23N3O3/c1-16-11-24-22(26(16)12-17-7-3-2-4-8-17)18-13-25(14-18)23(27)21-15-28-19-9-5-6-10-20(19)29-21/h2-11,18,21H,12-15H2,1H3. The lowest BCUT2D eigenvalue weighted by Gasteiger charge is -2.41. The van der Waals surface area contributed by atoms with E-state index in [1.807, 2.05) is 41.4 Å². The van der Waals surface area contributed by atoms with Gasteiger partial charge in [-0.05, 0) is 24.6 Å². The number of carbonyl (C=O) groups is 1. The molecule has 3 aromatic rings. The van der Waals surface area contributed by atoms with Gasteiger partial charge < -0.3 is 18.9 Å². The highest BCUT2D eigenvalue weighted by Crippen LogP contribution is 2.33. The van der Waals surface area contributed by atoms with Gasteiger partial charge in [0.1, 0.15) is 12.4 Å². The first-order chi connectivity index (χ1) is 14.2. The van der Waals surface area contributed by atoms with E-state index < -0.39 is 6.10 Å². The Kier molecular flexibility index (Phi) is 4.46. The molecule has 1 atom stereocenters. The number of nitrogens with zero attached hydrogens (tertiary/aromatic N) is 3. The molecule has 6 heteroatoms. The molecule has 2 aliphatic heterocycles. The molecule has 1 unspecified atom stereocenters. The maximum absolute atomic E-state index is 12.8. The van der Waals surface area contributed by atoms with Crippen molar-refractivity contribution in [3.8, 4) is 11.5 Å². The number of benzene rings is 2. The summed E-state index contributed by atoms with van der Waals surface area (Å²) in [5.74, 6) is 2.59. The molecule has 0 N–H and O–H groups in total. The fourth-order valence-corrected chi connectivity index (χ4v) is 3.94. The minimum absolute atomic E-state index is 0.0198. The smallest absolute Gasteiger partial charge is 0.267 e. The Morgan fingerprint density at radius 1 is 1.07 bits per heavy atom. The minimum atomic E-state index is -0.586. The highest BCUT2D eigenvalue weighted by molar-refractivity contribution is 5.83. The third-order valence-corrected chi connectivity index (χ3v) is 5.61. The second-order valence-electron chi connectivity index (χ2n) is 7.63. The number of hydrogen-bond donors (Lipinski definition) is 0. The van der Waals surface area contributed by atoms with Crippen molar-refractivity contribution in [1.29, 1.82) is 0 Å². The van der Waals surface area contributed by atoms with Gasteiger partial charge in [-0.1, -0.05) is 42.5 Å². The summed E-state index contributed by atoms with van der Waals surface area (Å²) in [7, 11) is 0. The van der Waals surface area contributed by atoms with Crippen LogP contribution in [0.25, 0.3) is 0 Å². The van der Waals surface area contributed by atoms with E-state index >= 15 is 0 Å². The summed E-state index contributed by atoms with van der Waals surface area (Å²) in [6.45, 7) is 4.43. The number of carbonyl (C=O) groups excluding carboxylic acids is 1. The second-order valence-corrected chi connectivity index (χ2v) is 7.63. The van der Waals surface area contributed by atoms with Gasteiger partial charge in [0.2, 0.25) is 6.10 Å². The van der Waals surface area contributed by atoms with Crippen LogP contribution in [0.3, 0.4) is 0 Å². The van der Waals surface area contributed by atoms with Crippen LogP contribution < -0.4 is 9.47 Å². The summed E-state index contributed by atoms with van der Waals surface area (Å²) < 4.78 is 13.8. The summed E-state index contributed by atoms with van der Waals surface area (Å²) in [5.41, 5.74) is 2.38. The Morgan fingerprint density at radius 2 is 1.79 bits per heavy atom. The second kappa shape index (κ2) is 7.28. The highest BCUT2D eigenvalue weighted by Gasteiger charge is 2.39. The first-order valence-corrected chi connectivity index (χ1v) is 9.92. The molecular formula is C23H23N3O3. The molecule has 0 radical (unpaired) electrons. The van der Waals surface area contributed by atoms with Crippen molar-refractivity contribution in [2.75, 3.05) is 19.7 Å². The van der Waals surface area contributed by atoms with Gasteiger partial charge in [0, 0.05) is 31.5 Å². The van der Waals surface area contributed by atoms with E-state index in [1.54, 1.807) is 0 Å². The first kappa shape index (κ1) is 17.8. The minimum Gasteiger partial charge on any atom is -0.485 e. The summed E-state index contributed by atoms with van der Waals surface area (Å²) in [5, 5.41) is 0. The molecular weight excluding hydrogens is 366 g/mol. The zero-order chi connectivity index (χ0) is 19.8. The van der Waals surface area contributed by atoms with Crippen molar-refractivity contribution in [3.05, 3.63) is 77.9 Å². The molecule has 3 heterocycles. The Morgan fingerprint density at radius 3 is 2.59 bits per heavy atom. The number of amides is 1. The van der Waals surface area contributed by atoms with Crippen LogP contribution in [0.4, 0.5) is 0 Å². The lowest BCUT2D eigenvalue weighted by atomic mass is 9.98. The van der Waals surface area contributed by atoms with Crippen LogP contribution >= 0.6 is 0 Å². The molecule has 0 bridgehead atoms. The topological polar surface area (TPSA) is 56.6 Å². The van der Waals surface area contributed by atoms with Crippen molar-refractivity contribution in [1.82, 2.24) is 14.5 Å². The van der Waals surface area contributed by atoms with Gasteiger partial charge in [-0.3, -0.25) is 4.79 Å². The monoisotopic (exact) mass is 389 g/mol. The fourth-order valence-electron chi connectivity index (χ4n) is 3.94. The molecule has 0 spiro atoms. The van der Waals surface area contributed by atoms with Gasteiger partial charge in [0.05, 0.1) is 5.92 Å². The lowest BCUT2D eigenvalue weighted by Crippen LogP contribution is -2.55. The summed E-state index contributed by atoms with van der Waals surface area (Å²) >= 11 is 0. The molecule has 5 rings (SSSR count). The van der Waals surface area contributed by atoms with Crippen molar-refractivity contribution >= 4 is 5.91 Å². The van der Waals surface area contributed by atoms with Crippen LogP contribution in [0.15, 0.2) is 60.8 Å². The van der Waals surface area contributed by atoms with E-state index in [0.717, 1.165) is 18.1 Å². The van der Waals surface area contributed by atoms with Gasteiger partial charge in [0.25, 0.3) is 5.91 Å². The maximum Gasteiger partial charge on any atom is 0.267 e. The average Bonchev–Trinajstić information content (AvgIpc) is 3.07. The van der Waals surface area contributed by atoms with Crippen molar-refractivity contribution in [2.45, 2.75) is 25.5 Å². The van der Waals surface area contributed by atoms with Crippen LogP contribution in [0.5, 0.6) is 11.5 Å². The fraction of sp³-hybridized carbons (Fsp3) is 0.304. The van der Waals surface area contributed by atoms with Crippen molar-refractivity contribution in [3.63, 3.8) is 0 Å². The number of imidazole rings is 1. The molecule has 1 amide bonds. The highest BCUT2D eigenvalue weighted by atomic mass is 16.6. The quantitative estimate of drug-likeness (QED) is 0.688. The lowest BCUT2D eigenvalue weighted by molar-refractivity contribution is -0.146. The summed E-state index contributed by atoms with van der Waals surface area (Å²) in [6, 6.07) is 17.8. The van der Waals surface area contributed by atoms with E-state index in [1.165, 1.54) is 5.56 Å². The number of ether oxygens (including phenoxy) is 2. The predicted molar refractivity (Wildman–Crippen MR) is 108 cm³/mol. The SMILES string of the molecule is Cc1cnc(C2CN(C(=O)C3COc4ccccc4O3)C2)n1Cc1ccccc1. The van der Waals surface area contributed by atoms with E-state index in [2.05, 4.69) is 40.7 Å². The normalized spacial score (nSPS) is 18.4. The van der Waals surface area contributed by atoms with Gasteiger partial charge in [-0.25, -0.2) is 4.98 Å². The Balaban J connectivity index is 1.24. The van der Waals surface area contributed by atoms with Crippen molar-refractivity contribution in [2.24, 2.45) is 0 Å². The molecule has 0 saturated carbocycles. The molecule has 0 aliphatic carbocycles. The zero-order valence-electron chi connectivity index (χ0n) is 16.3. The molecule has 6 nitrogen and oxygen atoms in total. The maximum atomic E-state index is 12.8. The number of hydrogen-bond acceptors (Lipinski definition) is 4. The van der Waals surface area contributed by atoms with Crippen LogP contribution in [0.2, 0.25) is 0 Å². The van der Waals surface area contributed by atoms with Gasteiger partial charge in [-0.2, -0.15) is 0 Å². The molecule has 1 saturated heterocycles. The van der Waals surface area contributed by atoms with Gasteiger partial charge in [-0.15, -0.1) is 0 Å². The molecule has 1 aromatic heterocycles. The number of aryl methyl sites for hydroxylation is 1. The van der Waals surface area contributed by atoms with Crippen LogP contribution in [0, 0.1) is 6.92 Å². The Hall–Kier alpha value is -3.28. The van der Waals surface area contributed by atoms with E-state index in [9.17, 15) is 4.79 Å². The van der Waals surface area contributed by atoms with Crippen molar-refractivity contribution < 1.29 is 14.3 Å². The zero-order valence-corrected chi connectivity index (χ0v) is 16.3. The molecule has 1 fully saturated rings. The number of para-hydroxylation sites is 2.